The SMILES string of the molecule is C#CCCCn1cncc1-c1cccc2c1NCC2. The fraction of sp³-hybridized carbons (Fsp3) is 0.312. The molecule has 3 heteroatoms. The summed E-state index contributed by atoms with van der Waals surface area (Å²) in [6.45, 7) is 1.95. The molecule has 0 radical (unpaired) electrons. The second-order valence-electron chi connectivity index (χ2n) is 4.80. The van der Waals surface area contributed by atoms with Crippen LogP contribution in [0.25, 0.3) is 11.3 Å². The summed E-state index contributed by atoms with van der Waals surface area (Å²) in [5.74, 6) is 2.68. The number of nitrogens with zero attached hydrogens (tertiary/aromatic N) is 2. The van der Waals surface area contributed by atoms with E-state index in [0.29, 0.717) is 0 Å². The Balaban J connectivity index is 1.93. The van der Waals surface area contributed by atoms with Gasteiger partial charge in [0, 0.05) is 30.8 Å². The van der Waals surface area contributed by atoms with Crippen LogP contribution in [0.15, 0.2) is 30.7 Å². The van der Waals surface area contributed by atoms with Crippen molar-refractivity contribution in [2.24, 2.45) is 0 Å². The Bertz CT molecular complexity index is 619. The Morgan fingerprint density at radius 2 is 2.37 bits per heavy atom. The molecule has 0 saturated heterocycles. The van der Waals surface area contributed by atoms with Gasteiger partial charge in [0.05, 0.1) is 18.2 Å². The van der Waals surface area contributed by atoms with Crippen molar-refractivity contribution in [2.75, 3.05) is 11.9 Å². The number of hydrogen-bond donors (Lipinski definition) is 1. The first-order valence-corrected chi connectivity index (χ1v) is 6.70. The molecular formula is C16H17N3. The third-order valence-corrected chi connectivity index (χ3v) is 3.56. The predicted molar refractivity (Wildman–Crippen MR) is 77.9 cm³/mol. The minimum atomic E-state index is 0.808. The van der Waals surface area contributed by atoms with Crippen LogP contribution in [0.1, 0.15) is 18.4 Å². The Hall–Kier alpha value is -2.21. The van der Waals surface area contributed by atoms with Gasteiger partial charge in [-0.2, -0.15) is 0 Å². The second-order valence-corrected chi connectivity index (χ2v) is 4.80. The summed E-state index contributed by atoms with van der Waals surface area (Å²) in [6.07, 6.45) is 12.0. The molecule has 0 fully saturated rings. The smallest absolute Gasteiger partial charge is 0.0950 e. The van der Waals surface area contributed by atoms with Crippen molar-refractivity contribution in [3.05, 3.63) is 36.3 Å². The summed E-state index contributed by atoms with van der Waals surface area (Å²) < 4.78 is 2.19. The van der Waals surface area contributed by atoms with E-state index in [1.165, 1.54) is 22.5 Å². The molecule has 1 aliphatic rings. The number of imidazole rings is 1. The van der Waals surface area contributed by atoms with Crippen molar-refractivity contribution in [2.45, 2.75) is 25.8 Å². The van der Waals surface area contributed by atoms with Crippen molar-refractivity contribution in [3.8, 4) is 23.6 Å². The van der Waals surface area contributed by atoms with Crippen LogP contribution < -0.4 is 5.32 Å². The van der Waals surface area contributed by atoms with E-state index >= 15 is 0 Å². The first-order chi connectivity index (χ1) is 9.40. The van der Waals surface area contributed by atoms with Gasteiger partial charge in [0.1, 0.15) is 0 Å². The van der Waals surface area contributed by atoms with Gasteiger partial charge in [-0.1, -0.05) is 18.2 Å². The second kappa shape index (κ2) is 5.19. The van der Waals surface area contributed by atoms with E-state index in [0.717, 1.165) is 32.4 Å². The summed E-state index contributed by atoms with van der Waals surface area (Å²) in [7, 11) is 0. The highest BCUT2D eigenvalue weighted by molar-refractivity contribution is 5.79. The van der Waals surface area contributed by atoms with Gasteiger partial charge in [-0.25, -0.2) is 4.98 Å². The number of benzene rings is 1. The van der Waals surface area contributed by atoms with E-state index < -0.39 is 0 Å². The molecule has 96 valence electrons. The number of hydrogen-bond acceptors (Lipinski definition) is 2. The van der Waals surface area contributed by atoms with Crippen LogP contribution in [0.3, 0.4) is 0 Å². The molecule has 2 heterocycles. The normalized spacial score (nSPS) is 12.8. The largest absolute Gasteiger partial charge is 0.384 e. The first-order valence-electron chi connectivity index (χ1n) is 6.70. The zero-order chi connectivity index (χ0) is 13.1. The quantitative estimate of drug-likeness (QED) is 0.669. The van der Waals surface area contributed by atoms with E-state index in [9.17, 15) is 0 Å². The number of unbranched alkanes of at least 4 members (excludes halogenated alkanes) is 1. The Kier molecular flexibility index (Phi) is 3.24. The highest BCUT2D eigenvalue weighted by atomic mass is 15.0. The summed E-state index contributed by atoms with van der Waals surface area (Å²) in [5.41, 5.74) is 5.08. The summed E-state index contributed by atoms with van der Waals surface area (Å²) in [5, 5.41) is 3.48. The Labute approximate surface area is 113 Å². The summed E-state index contributed by atoms with van der Waals surface area (Å²) in [6, 6.07) is 6.48. The molecule has 0 spiro atoms. The number of aryl methyl sites for hydroxylation is 1. The molecule has 1 aromatic carbocycles. The van der Waals surface area contributed by atoms with E-state index in [1.807, 2.05) is 12.5 Å². The molecule has 2 aromatic rings. The van der Waals surface area contributed by atoms with E-state index in [1.54, 1.807) is 0 Å². The lowest BCUT2D eigenvalue weighted by Gasteiger charge is -2.11. The third-order valence-electron chi connectivity index (χ3n) is 3.56. The molecule has 1 aromatic heterocycles. The molecule has 3 rings (SSSR count). The van der Waals surface area contributed by atoms with Gasteiger partial charge in [0.2, 0.25) is 0 Å². The molecule has 3 nitrogen and oxygen atoms in total. The van der Waals surface area contributed by atoms with Gasteiger partial charge in [0.25, 0.3) is 0 Å². The fourth-order valence-electron chi connectivity index (χ4n) is 2.63. The van der Waals surface area contributed by atoms with Gasteiger partial charge in [0.15, 0.2) is 0 Å². The predicted octanol–water partition coefficient (Wildman–Crippen LogP) is 2.93. The molecule has 0 saturated carbocycles. The third kappa shape index (κ3) is 2.22. The summed E-state index contributed by atoms with van der Waals surface area (Å²) >= 11 is 0. The van der Waals surface area contributed by atoms with Crippen molar-refractivity contribution in [1.29, 1.82) is 0 Å². The lowest BCUT2D eigenvalue weighted by molar-refractivity contribution is 0.660. The monoisotopic (exact) mass is 251 g/mol. The molecule has 19 heavy (non-hydrogen) atoms. The number of aromatic nitrogens is 2. The fourth-order valence-corrected chi connectivity index (χ4v) is 2.63. The average molecular weight is 251 g/mol. The van der Waals surface area contributed by atoms with Crippen LogP contribution in [0, 0.1) is 12.3 Å². The first kappa shape index (κ1) is 11.9. The zero-order valence-corrected chi connectivity index (χ0v) is 10.9. The Morgan fingerprint density at radius 3 is 3.26 bits per heavy atom. The van der Waals surface area contributed by atoms with Crippen molar-refractivity contribution in [1.82, 2.24) is 9.55 Å². The van der Waals surface area contributed by atoms with Crippen LogP contribution in [0.4, 0.5) is 5.69 Å². The van der Waals surface area contributed by atoms with Crippen molar-refractivity contribution < 1.29 is 0 Å². The van der Waals surface area contributed by atoms with Crippen LogP contribution in [-0.2, 0) is 13.0 Å². The van der Waals surface area contributed by atoms with Gasteiger partial charge >= 0.3 is 0 Å². The molecule has 1 N–H and O–H groups in total. The number of terminal acetylenes is 1. The average Bonchev–Trinajstić information content (AvgIpc) is 3.07. The molecule has 1 aliphatic heterocycles. The minimum Gasteiger partial charge on any atom is -0.384 e. The molecule has 0 atom stereocenters. The number of anilines is 1. The molecule has 0 amide bonds. The number of fused-ring (bicyclic) bond motifs is 1. The van der Waals surface area contributed by atoms with Crippen LogP contribution in [-0.4, -0.2) is 16.1 Å². The van der Waals surface area contributed by atoms with Crippen molar-refractivity contribution >= 4 is 5.69 Å². The molecular weight excluding hydrogens is 234 g/mol. The maximum atomic E-state index is 5.31. The maximum Gasteiger partial charge on any atom is 0.0950 e. The van der Waals surface area contributed by atoms with Gasteiger partial charge in [-0.15, -0.1) is 12.3 Å². The lowest BCUT2D eigenvalue weighted by atomic mass is 10.1. The van der Waals surface area contributed by atoms with Gasteiger partial charge in [-0.05, 0) is 18.4 Å². The number of rotatable bonds is 4. The van der Waals surface area contributed by atoms with Crippen molar-refractivity contribution in [3.63, 3.8) is 0 Å². The standard InChI is InChI=1S/C16H17N3/c1-2-3-4-10-19-12-17-11-15(19)14-7-5-6-13-8-9-18-16(13)14/h1,5-7,11-12,18H,3-4,8-10H2. The van der Waals surface area contributed by atoms with Crippen LogP contribution >= 0.6 is 0 Å². The lowest BCUT2D eigenvalue weighted by Crippen LogP contribution is -2.00. The van der Waals surface area contributed by atoms with Gasteiger partial charge in [-0.3, -0.25) is 0 Å². The van der Waals surface area contributed by atoms with E-state index in [-0.39, 0.29) is 0 Å². The maximum absolute atomic E-state index is 5.31. The summed E-state index contributed by atoms with van der Waals surface area (Å²) in [4.78, 5) is 4.29. The van der Waals surface area contributed by atoms with Crippen LogP contribution in [0.5, 0.6) is 0 Å². The van der Waals surface area contributed by atoms with Gasteiger partial charge < -0.3 is 9.88 Å². The van der Waals surface area contributed by atoms with Crippen LogP contribution in [0.2, 0.25) is 0 Å². The molecule has 0 aliphatic carbocycles. The highest BCUT2D eigenvalue weighted by Crippen LogP contribution is 2.34. The molecule has 0 unspecified atom stereocenters. The number of nitrogens with one attached hydrogen (secondary N) is 1. The number of para-hydroxylation sites is 1. The van der Waals surface area contributed by atoms with E-state index in [4.69, 9.17) is 6.42 Å². The zero-order valence-electron chi connectivity index (χ0n) is 10.9. The van der Waals surface area contributed by atoms with E-state index in [2.05, 4.69) is 39.0 Å². The highest BCUT2D eigenvalue weighted by Gasteiger charge is 2.16. The molecule has 0 bridgehead atoms. The Morgan fingerprint density at radius 1 is 1.42 bits per heavy atom. The minimum absolute atomic E-state index is 0.808. The topological polar surface area (TPSA) is 29.9 Å².